The lowest BCUT2D eigenvalue weighted by Crippen LogP contribution is -2.48. The van der Waals surface area contributed by atoms with Crippen molar-refractivity contribution in [2.45, 2.75) is 64.3 Å². The van der Waals surface area contributed by atoms with Gasteiger partial charge in [0.1, 0.15) is 11.8 Å². The van der Waals surface area contributed by atoms with E-state index in [1.165, 1.54) is 0 Å². The number of benzene rings is 1. The number of unbranched alkanes of at least 4 members (excludes halogenated alkanes) is 2. The number of hydrogen-bond acceptors (Lipinski definition) is 6. The van der Waals surface area contributed by atoms with Crippen LogP contribution in [0.3, 0.4) is 0 Å². The van der Waals surface area contributed by atoms with Crippen molar-refractivity contribution in [3.8, 4) is 5.75 Å². The Morgan fingerprint density at radius 2 is 1.50 bits per heavy atom. The summed E-state index contributed by atoms with van der Waals surface area (Å²) in [7, 11) is 0. The zero-order valence-corrected chi connectivity index (χ0v) is 19.6. The van der Waals surface area contributed by atoms with Gasteiger partial charge in [-0.3, -0.25) is 9.59 Å². The van der Waals surface area contributed by atoms with Crippen molar-refractivity contribution < 1.29 is 14.7 Å². The van der Waals surface area contributed by atoms with Gasteiger partial charge in [-0.2, -0.15) is 0 Å². The number of amides is 2. The number of carbonyl (C=O) groups excluding carboxylic acids is 2. The Morgan fingerprint density at radius 3 is 2.09 bits per heavy atom. The van der Waals surface area contributed by atoms with Gasteiger partial charge in [-0.25, -0.2) is 0 Å². The molecule has 0 radical (unpaired) electrons. The molecule has 0 spiro atoms. The maximum Gasteiger partial charge on any atom is 0.242 e. The van der Waals surface area contributed by atoms with Gasteiger partial charge in [0.25, 0.3) is 0 Å². The number of rotatable bonds is 19. The molecule has 1 aromatic carbocycles. The fraction of sp³-hybridized carbons (Fsp3) is 0.667. The zero-order chi connectivity index (χ0) is 23.4. The van der Waals surface area contributed by atoms with Gasteiger partial charge in [-0.05, 0) is 88.9 Å². The number of carbonyl (C=O) groups is 2. The maximum absolute atomic E-state index is 12.6. The molecule has 0 heterocycles. The molecule has 0 saturated carbocycles. The number of nitrogens with two attached hydrogens (primary N) is 1. The summed E-state index contributed by atoms with van der Waals surface area (Å²) >= 11 is 0. The zero-order valence-electron chi connectivity index (χ0n) is 19.6. The smallest absolute Gasteiger partial charge is 0.242 e. The average molecular weight is 450 g/mol. The summed E-state index contributed by atoms with van der Waals surface area (Å²) in [5.74, 6) is -0.124. The van der Waals surface area contributed by atoms with Crippen LogP contribution in [0.4, 0.5) is 0 Å². The average Bonchev–Trinajstić information content (AvgIpc) is 2.78. The normalized spacial score (nSPS) is 11.8. The van der Waals surface area contributed by atoms with Crippen LogP contribution in [0.2, 0.25) is 0 Å². The first-order valence-corrected chi connectivity index (χ1v) is 12.0. The Kier molecular flexibility index (Phi) is 16.0. The van der Waals surface area contributed by atoms with Gasteiger partial charge in [-0.1, -0.05) is 19.1 Å². The molecule has 0 bridgehead atoms. The summed E-state index contributed by atoms with van der Waals surface area (Å²) in [5, 5.41) is 22.0. The third kappa shape index (κ3) is 14.0. The number of aromatic hydroxyl groups is 1. The Hall–Kier alpha value is -2.16. The van der Waals surface area contributed by atoms with Gasteiger partial charge < -0.3 is 32.1 Å². The summed E-state index contributed by atoms with van der Waals surface area (Å²) in [6, 6.07) is 6.08. The predicted molar refractivity (Wildman–Crippen MR) is 130 cm³/mol. The van der Waals surface area contributed by atoms with Gasteiger partial charge in [-0.15, -0.1) is 0 Å². The SMILES string of the molecule is CCCC(=O)N[C@@H](Cc1ccc(O)cc1)C(=O)NCCCNCCCCNCCCCN. The maximum atomic E-state index is 12.6. The van der Waals surface area contributed by atoms with E-state index in [0.717, 1.165) is 76.8 Å². The fourth-order valence-electron chi connectivity index (χ4n) is 3.26. The highest BCUT2D eigenvalue weighted by atomic mass is 16.3. The van der Waals surface area contributed by atoms with Crippen molar-refractivity contribution in [1.82, 2.24) is 21.3 Å². The second kappa shape index (κ2) is 18.4. The number of phenols is 1. The van der Waals surface area contributed by atoms with Crippen LogP contribution in [-0.4, -0.2) is 62.2 Å². The van der Waals surface area contributed by atoms with Crippen LogP contribution in [0.1, 0.15) is 57.4 Å². The molecule has 182 valence electrons. The van der Waals surface area contributed by atoms with E-state index in [2.05, 4.69) is 21.3 Å². The quantitative estimate of drug-likeness (QED) is 0.177. The molecule has 0 aliphatic carbocycles. The van der Waals surface area contributed by atoms with Crippen molar-refractivity contribution in [3.63, 3.8) is 0 Å². The minimum Gasteiger partial charge on any atom is -0.508 e. The molecule has 0 saturated heterocycles. The van der Waals surface area contributed by atoms with Gasteiger partial charge in [0.2, 0.25) is 11.8 Å². The number of hydrogen-bond donors (Lipinski definition) is 6. The first kappa shape index (κ1) is 27.9. The van der Waals surface area contributed by atoms with Crippen molar-refractivity contribution >= 4 is 11.8 Å². The molecule has 0 fully saturated rings. The molecule has 0 aliphatic heterocycles. The first-order chi connectivity index (χ1) is 15.6. The van der Waals surface area contributed by atoms with Crippen LogP contribution in [0.5, 0.6) is 5.75 Å². The highest BCUT2D eigenvalue weighted by Crippen LogP contribution is 2.11. The minimum absolute atomic E-state index is 0.123. The molecule has 32 heavy (non-hydrogen) atoms. The second-order valence-electron chi connectivity index (χ2n) is 8.09. The molecular weight excluding hydrogens is 406 g/mol. The summed E-state index contributed by atoms with van der Waals surface area (Å²) < 4.78 is 0. The third-order valence-electron chi connectivity index (χ3n) is 5.10. The second-order valence-corrected chi connectivity index (χ2v) is 8.09. The van der Waals surface area contributed by atoms with Crippen molar-refractivity contribution in [3.05, 3.63) is 29.8 Å². The van der Waals surface area contributed by atoms with Gasteiger partial charge >= 0.3 is 0 Å². The topological polar surface area (TPSA) is 129 Å². The first-order valence-electron chi connectivity index (χ1n) is 12.0. The third-order valence-corrected chi connectivity index (χ3v) is 5.10. The van der Waals surface area contributed by atoms with E-state index in [9.17, 15) is 14.7 Å². The number of nitrogens with one attached hydrogen (secondary N) is 4. The van der Waals surface area contributed by atoms with Crippen LogP contribution in [0.25, 0.3) is 0 Å². The van der Waals surface area contributed by atoms with Gasteiger partial charge in [0.05, 0.1) is 0 Å². The highest BCUT2D eigenvalue weighted by molar-refractivity contribution is 5.87. The molecule has 7 N–H and O–H groups in total. The molecule has 1 atom stereocenters. The van der Waals surface area contributed by atoms with Crippen LogP contribution >= 0.6 is 0 Å². The lowest BCUT2D eigenvalue weighted by molar-refractivity contribution is -0.129. The molecule has 0 unspecified atom stereocenters. The molecular formula is C24H43N5O3. The predicted octanol–water partition coefficient (Wildman–Crippen LogP) is 1.42. The minimum atomic E-state index is -0.621. The van der Waals surface area contributed by atoms with Crippen molar-refractivity contribution in [2.24, 2.45) is 5.73 Å². The molecule has 1 rings (SSSR count). The van der Waals surface area contributed by atoms with E-state index in [1.54, 1.807) is 24.3 Å². The lowest BCUT2D eigenvalue weighted by Gasteiger charge is -2.19. The largest absolute Gasteiger partial charge is 0.508 e. The van der Waals surface area contributed by atoms with Crippen LogP contribution in [-0.2, 0) is 16.0 Å². The van der Waals surface area contributed by atoms with E-state index >= 15 is 0 Å². The van der Waals surface area contributed by atoms with E-state index in [0.29, 0.717) is 19.4 Å². The summed E-state index contributed by atoms with van der Waals surface area (Å²) in [6.07, 6.45) is 6.82. The van der Waals surface area contributed by atoms with Gasteiger partial charge in [0, 0.05) is 19.4 Å². The fourth-order valence-corrected chi connectivity index (χ4v) is 3.26. The van der Waals surface area contributed by atoms with Crippen LogP contribution < -0.4 is 27.0 Å². The van der Waals surface area contributed by atoms with Crippen molar-refractivity contribution in [2.75, 3.05) is 39.3 Å². The summed E-state index contributed by atoms with van der Waals surface area (Å²) in [4.78, 5) is 24.7. The van der Waals surface area contributed by atoms with E-state index < -0.39 is 6.04 Å². The molecule has 8 heteroatoms. The van der Waals surface area contributed by atoms with Crippen LogP contribution in [0, 0.1) is 0 Å². The van der Waals surface area contributed by atoms with E-state index in [4.69, 9.17) is 5.73 Å². The Bertz CT molecular complexity index is 625. The molecule has 0 aromatic heterocycles. The van der Waals surface area contributed by atoms with Gasteiger partial charge in [0.15, 0.2) is 0 Å². The highest BCUT2D eigenvalue weighted by Gasteiger charge is 2.20. The Morgan fingerprint density at radius 1 is 0.906 bits per heavy atom. The summed E-state index contributed by atoms with van der Waals surface area (Å²) in [6.45, 7) is 7.14. The molecule has 2 amide bonds. The monoisotopic (exact) mass is 449 g/mol. The Labute approximate surface area is 193 Å². The van der Waals surface area contributed by atoms with E-state index in [-0.39, 0.29) is 17.6 Å². The molecule has 0 aliphatic rings. The molecule has 1 aromatic rings. The summed E-state index contributed by atoms with van der Waals surface area (Å²) in [5.41, 5.74) is 6.36. The number of phenolic OH excluding ortho intramolecular Hbond substituents is 1. The Balaban J connectivity index is 2.21. The molecule has 8 nitrogen and oxygen atoms in total. The van der Waals surface area contributed by atoms with Crippen molar-refractivity contribution in [1.29, 1.82) is 0 Å². The van der Waals surface area contributed by atoms with Crippen LogP contribution in [0.15, 0.2) is 24.3 Å². The standard InChI is InChI=1S/C24H43N5O3/c1-2-8-23(31)29-22(19-20-9-11-21(30)12-10-20)24(32)28-18-7-17-27-16-6-5-15-26-14-4-3-13-25/h9-12,22,26-27,30H,2-8,13-19,25H2,1H3,(H,28,32)(H,29,31)/t22-/m0/s1. The lowest BCUT2D eigenvalue weighted by atomic mass is 10.0. The van der Waals surface area contributed by atoms with E-state index in [1.807, 2.05) is 6.92 Å².